The lowest BCUT2D eigenvalue weighted by Crippen LogP contribution is -2.35. The van der Waals surface area contributed by atoms with Crippen LogP contribution in [0.3, 0.4) is 0 Å². The Kier molecular flexibility index (Phi) is 4.91. The molecule has 0 radical (unpaired) electrons. The maximum Gasteiger partial charge on any atom is 0.232 e. The molecule has 3 rings (SSSR count). The predicted octanol–water partition coefficient (Wildman–Crippen LogP) is 2.78. The van der Waals surface area contributed by atoms with Crippen molar-refractivity contribution in [2.24, 2.45) is 0 Å². The molecule has 0 aliphatic heterocycles. The van der Waals surface area contributed by atoms with Crippen molar-refractivity contribution in [3.8, 4) is 0 Å². The molecule has 1 aliphatic carbocycles. The van der Waals surface area contributed by atoms with E-state index in [0.29, 0.717) is 12.3 Å². The number of rotatable bonds is 7. The van der Waals surface area contributed by atoms with Crippen molar-refractivity contribution in [2.45, 2.75) is 24.0 Å². The monoisotopic (exact) mass is 327 g/mol. The van der Waals surface area contributed by atoms with Crippen LogP contribution in [0.2, 0.25) is 0 Å². The standard InChI is InChI=1S/C19H21NO2S/c21-18(14-23(22)13-16-7-3-1-4-8-16)20-15-19(11-12-19)17-9-5-2-6-10-17/h1-10H,11-15H2,(H,20,21)/t23-/m0/s1. The highest BCUT2D eigenvalue weighted by molar-refractivity contribution is 7.84. The van der Waals surface area contributed by atoms with E-state index in [1.54, 1.807) is 0 Å². The van der Waals surface area contributed by atoms with Crippen LogP contribution in [0.1, 0.15) is 24.0 Å². The maximum atomic E-state index is 12.1. The van der Waals surface area contributed by atoms with Gasteiger partial charge in [-0.25, -0.2) is 0 Å². The Morgan fingerprint density at radius 2 is 1.61 bits per heavy atom. The first kappa shape index (κ1) is 15.9. The SMILES string of the molecule is O=C(C[S@@](=O)Cc1ccccc1)NCC1(c2ccccc2)CC1. The highest BCUT2D eigenvalue weighted by atomic mass is 32.2. The van der Waals surface area contributed by atoms with Gasteiger partial charge in [-0.1, -0.05) is 60.7 Å². The Labute approximate surface area is 139 Å². The van der Waals surface area contributed by atoms with Gasteiger partial charge in [-0.05, 0) is 24.0 Å². The number of hydrogen-bond donors (Lipinski definition) is 1. The third-order valence-electron chi connectivity index (χ3n) is 4.33. The van der Waals surface area contributed by atoms with Gasteiger partial charge in [0.05, 0.1) is 0 Å². The first-order valence-electron chi connectivity index (χ1n) is 7.89. The third-order valence-corrected chi connectivity index (χ3v) is 5.57. The fourth-order valence-corrected chi connectivity index (χ4v) is 3.85. The summed E-state index contributed by atoms with van der Waals surface area (Å²) in [7, 11) is -1.17. The average Bonchev–Trinajstić information content (AvgIpc) is 3.36. The van der Waals surface area contributed by atoms with Crippen LogP contribution in [0.5, 0.6) is 0 Å². The van der Waals surface area contributed by atoms with Crippen molar-refractivity contribution in [3.05, 3.63) is 71.8 Å². The van der Waals surface area contributed by atoms with Crippen molar-refractivity contribution in [1.82, 2.24) is 5.32 Å². The highest BCUT2D eigenvalue weighted by Gasteiger charge is 2.44. The molecule has 1 fully saturated rings. The van der Waals surface area contributed by atoms with Crippen molar-refractivity contribution in [3.63, 3.8) is 0 Å². The molecule has 23 heavy (non-hydrogen) atoms. The zero-order valence-electron chi connectivity index (χ0n) is 13.0. The van der Waals surface area contributed by atoms with Crippen LogP contribution in [0.4, 0.5) is 0 Å². The largest absolute Gasteiger partial charge is 0.354 e. The molecular weight excluding hydrogens is 306 g/mol. The molecule has 1 saturated carbocycles. The molecule has 120 valence electrons. The van der Waals surface area contributed by atoms with Gasteiger partial charge in [0, 0.05) is 28.5 Å². The van der Waals surface area contributed by atoms with Gasteiger partial charge in [0.15, 0.2) is 0 Å². The molecule has 1 atom stereocenters. The van der Waals surface area contributed by atoms with Gasteiger partial charge in [0.1, 0.15) is 5.75 Å². The van der Waals surface area contributed by atoms with Crippen LogP contribution in [-0.4, -0.2) is 22.4 Å². The predicted molar refractivity (Wildman–Crippen MR) is 93.5 cm³/mol. The third kappa shape index (κ3) is 4.29. The van der Waals surface area contributed by atoms with E-state index in [1.807, 2.05) is 48.5 Å². The van der Waals surface area contributed by atoms with E-state index in [9.17, 15) is 9.00 Å². The highest BCUT2D eigenvalue weighted by Crippen LogP contribution is 2.47. The molecule has 3 nitrogen and oxygen atoms in total. The summed E-state index contributed by atoms with van der Waals surface area (Å²) in [5.74, 6) is 0.374. The van der Waals surface area contributed by atoms with Crippen molar-refractivity contribution in [2.75, 3.05) is 12.3 Å². The smallest absolute Gasteiger partial charge is 0.232 e. The molecule has 1 aliphatic rings. The second kappa shape index (κ2) is 7.09. The number of amides is 1. The molecule has 1 N–H and O–H groups in total. The van der Waals surface area contributed by atoms with E-state index in [2.05, 4.69) is 17.4 Å². The van der Waals surface area contributed by atoms with Crippen molar-refractivity contribution in [1.29, 1.82) is 0 Å². The van der Waals surface area contributed by atoms with Crippen LogP contribution in [0, 0.1) is 0 Å². The Balaban J connectivity index is 1.48. The first-order valence-corrected chi connectivity index (χ1v) is 9.38. The fourth-order valence-electron chi connectivity index (χ4n) is 2.79. The quantitative estimate of drug-likeness (QED) is 0.850. The Morgan fingerprint density at radius 3 is 2.22 bits per heavy atom. The number of nitrogens with one attached hydrogen (secondary N) is 1. The molecule has 0 bridgehead atoms. The summed E-state index contributed by atoms with van der Waals surface area (Å²) in [5, 5.41) is 2.97. The minimum absolute atomic E-state index is 0.0692. The zero-order chi connectivity index (χ0) is 16.1. The number of hydrogen-bond acceptors (Lipinski definition) is 2. The Hall–Kier alpha value is -1.94. The summed E-state index contributed by atoms with van der Waals surface area (Å²) in [6.07, 6.45) is 2.20. The number of benzene rings is 2. The Morgan fingerprint density at radius 1 is 1.00 bits per heavy atom. The lowest BCUT2D eigenvalue weighted by molar-refractivity contribution is -0.118. The lowest BCUT2D eigenvalue weighted by atomic mass is 9.96. The molecule has 4 heteroatoms. The normalized spacial score (nSPS) is 16.5. The number of carbonyl (C=O) groups is 1. The van der Waals surface area contributed by atoms with Crippen LogP contribution in [0.15, 0.2) is 60.7 Å². The molecule has 0 saturated heterocycles. The summed E-state index contributed by atoms with van der Waals surface area (Å²) >= 11 is 0. The average molecular weight is 327 g/mol. The molecule has 1 amide bonds. The second-order valence-electron chi connectivity index (χ2n) is 6.14. The van der Waals surface area contributed by atoms with Gasteiger partial charge in [0.25, 0.3) is 0 Å². The van der Waals surface area contributed by atoms with E-state index in [4.69, 9.17) is 0 Å². The minimum atomic E-state index is -1.17. The molecule has 2 aromatic rings. The minimum Gasteiger partial charge on any atom is -0.354 e. The summed E-state index contributed by atoms with van der Waals surface area (Å²) < 4.78 is 12.1. The van der Waals surface area contributed by atoms with Gasteiger partial charge in [-0.3, -0.25) is 9.00 Å². The summed E-state index contributed by atoms with van der Waals surface area (Å²) in [6, 6.07) is 19.9. The van der Waals surface area contributed by atoms with Gasteiger partial charge in [-0.15, -0.1) is 0 Å². The molecular formula is C19H21NO2S. The molecule has 2 aromatic carbocycles. The van der Waals surface area contributed by atoms with Crippen LogP contribution < -0.4 is 5.32 Å². The van der Waals surface area contributed by atoms with E-state index in [-0.39, 0.29) is 17.1 Å². The van der Waals surface area contributed by atoms with E-state index < -0.39 is 10.8 Å². The van der Waals surface area contributed by atoms with E-state index in [0.717, 1.165) is 18.4 Å². The van der Waals surface area contributed by atoms with E-state index >= 15 is 0 Å². The van der Waals surface area contributed by atoms with Gasteiger partial charge in [0.2, 0.25) is 5.91 Å². The van der Waals surface area contributed by atoms with Crippen LogP contribution in [-0.2, 0) is 26.8 Å². The van der Waals surface area contributed by atoms with Gasteiger partial charge < -0.3 is 5.32 Å². The molecule has 0 heterocycles. The van der Waals surface area contributed by atoms with E-state index in [1.165, 1.54) is 5.56 Å². The van der Waals surface area contributed by atoms with Crippen molar-refractivity contribution < 1.29 is 9.00 Å². The fraction of sp³-hybridized carbons (Fsp3) is 0.316. The topological polar surface area (TPSA) is 46.2 Å². The maximum absolute atomic E-state index is 12.1. The summed E-state index contributed by atoms with van der Waals surface area (Å²) in [6.45, 7) is 0.637. The zero-order valence-corrected chi connectivity index (χ0v) is 13.9. The molecule has 0 aromatic heterocycles. The van der Waals surface area contributed by atoms with Crippen molar-refractivity contribution >= 4 is 16.7 Å². The molecule has 0 spiro atoms. The molecule has 0 unspecified atom stereocenters. The summed E-state index contributed by atoms with van der Waals surface area (Å²) in [4.78, 5) is 12.0. The second-order valence-corrected chi connectivity index (χ2v) is 7.59. The summed E-state index contributed by atoms with van der Waals surface area (Å²) in [5.41, 5.74) is 2.38. The van der Waals surface area contributed by atoms with Crippen LogP contribution in [0.25, 0.3) is 0 Å². The Bertz CT molecular complexity index is 681. The first-order chi connectivity index (χ1) is 11.2. The lowest BCUT2D eigenvalue weighted by Gasteiger charge is -2.16. The van der Waals surface area contributed by atoms with Gasteiger partial charge in [-0.2, -0.15) is 0 Å². The van der Waals surface area contributed by atoms with Gasteiger partial charge >= 0.3 is 0 Å². The van der Waals surface area contributed by atoms with Crippen LogP contribution >= 0.6 is 0 Å². The number of carbonyl (C=O) groups excluding carboxylic acids is 1.